The van der Waals surface area contributed by atoms with Gasteiger partial charge in [0.2, 0.25) is 5.91 Å². The Balaban J connectivity index is 1.45. The molecule has 0 spiro atoms. The van der Waals surface area contributed by atoms with Crippen molar-refractivity contribution in [2.75, 3.05) is 6.54 Å². The summed E-state index contributed by atoms with van der Waals surface area (Å²) in [6, 6.07) is 4.82. The smallest absolute Gasteiger partial charge is 0.335 e. The molecule has 0 radical (unpaired) electrons. The minimum Gasteiger partial charge on any atom is -0.335 e. The average molecular weight is 349 g/mol. The van der Waals surface area contributed by atoms with Gasteiger partial charge in [-0.05, 0) is 42.5 Å². The van der Waals surface area contributed by atoms with Crippen LogP contribution in [0.4, 0.5) is 13.2 Å². The zero-order valence-corrected chi connectivity index (χ0v) is 13.6. The normalized spacial score (nSPS) is 16.7. The maximum Gasteiger partial charge on any atom is 0.416 e. The van der Waals surface area contributed by atoms with Gasteiger partial charge < -0.3 is 4.90 Å². The lowest BCUT2D eigenvalue weighted by Crippen LogP contribution is -2.39. The van der Waals surface area contributed by atoms with Gasteiger partial charge in [-0.15, -0.1) is 0 Å². The Labute approximate surface area is 143 Å². The summed E-state index contributed by atoms with van der Waals surface area (Å²) in [5.74, 6) is -0.0565. The van der Waals surface area contributed by atoms with Crippen LogP contribution in [0.2, 0.25) is 0 Å². The number of rotatable bonds is 2. The highest BCUT2D eigenvalue weighted by Crippen LogP contribution is 2.30. The minimum absolute atomic E-state index is 0.0565. The van der Waals surface area contributed by atoms with Crippen LogP contribution in [0, 0.1) is 0 Å². The molecule has 0 N–H and O–H groups in total. The van der Waals surface area contributed by atoms with Gasteiger partial charge in [-0.1, -0.05) is 12.1 Å². The summed E-state index contributed by atoms with van der Waals surface area (Å²) in [6.45, 7) is 1.82. The van der Waals surface area contributed by atoms with Gasteiger partial charge in [-0.2, -0.15) is 18.3 Å². The van der Waals surface area contributed by atoms with E-state index in [2.05, 4.69) is 5.10 Å². The lowest BCUT2D eigenvalue weighted by molar-refractivity contribution is -0.137. The fraction of sp³-hybridized carbons (Fsp3) is 0.444. The summed E-state index contributed by atoms with van der Waals surface area (Å²) in [4.78, 5) is 14.3. The van der Waals surface area contributed by atoms with Crippen molar-refractivity contribution in [2.45, 2.75) is 44.9 Å². The molecule has 0 bridgehead atoms. The van der Waals surface area contributed by atoms with E-state index in [-0.39, 0.29) is 12.3 Å². The van der Waals surface area contributed by atoms with E-state index in [9.17, 15) is 18.0 Å². The van der Waals surface area contributed by atoms with Crippen molar-refractivity contribution in [3.8, 4) is 0 Å². The fourth-order valence-corrected chi connectivity index (χ4v) is 3.66. The van der Waals surface area contributed by atoms with Crippen LogP contribution in [0.25, 0.3) is 0 Å². The van der Waals surface area contributed by atoms with Crippen LogP contribution in [0.1, 0.15) is 34.5 Å². The molecule has 0 atom stereocenters. The molecule has 4 rings (SSSR count). The molecule has 1 aromatic carbocycles. The SMILES string of the molecule is O=C(Cc1ccc(C(F)(F)F)cc1)N1CCn2nc3c(c2C1)CCC3. The highest BCUT2D eigenvalue weighted by atomic mass is 19.4. The topological polar surface area (TPSA) is 38.1 Å². The molecule has 2 aliphatic rings. The molecule has 0 saturated heterocycles. The average Bonchev–Trinajstić information content (AvgIpc) is 3.15. The molecule has 2 aromatic rings. The molecule has 132 valence electrons. The molecular formula is C18H18F3N3O. The number of alkyl halides is 3. The lowest BCUT2D eigenvalue weighted by atomic mass is 10.1. The summed E-state index contributed by atoms with van der Waals surface area (Å²) in [5.41, 5.74) is 3.47. The minimum atomic E-state index is -4.35. The van der Waals surface area contributed by atoms with Gasteiger partial charge in [-0.25, -0.2) is 0 Å². The third-order valence-corrected chi connectivity index (χ3v) is 5.00. The van der Waals surface area contributed by atoms with E-state index in [0.717, 1.165) is 42.8 Å². The van der Waals surface area contributed by atoms with Gasteiger partial charge in [0.05, 0.1) is 36.5 Å². The van der Waals surface area contributed by atoms with E-state index in [1.54, 1.807) is 4.90 Å². The predicted molar refractivity (Wildman–Crippen MR) is 84.8 cm³/mol. The molecule has 1 amide bonds. The highest BCUT2D eigenvalue weighted by molar-refractivity contribution is 5.79. The maximum absolute atomic E-state index is 12.6. The van der Waals surface area contributed by atoms with E-state index in [1.807, 2.05) is 4.68 Å². The number of aromatic nitrogens is 2. The molecule has 25 heavy (non-hydrogen) atoms. The molecule has 0 fully saturated rings. The van der Waals surface area contributed by atoms with Crippen molar-refractivity contribution in [1.82, 2.24) is 14.7 Å². The van der Waals surface area contributed by atoms with Crippen LogP contribution in [-0.4, -0.2) is 27.1 Å². The van der Waals surface area contributed by atoms with E-state index < -0.39 is 11.7 Å². The van der Waals surface area contributed by atoms with E-state index >= 15 is 0 Å². The Morgan fingerprint density at radius 2 is 1.88 bits per heavy atom. The number of carbonyl (C=O) groups is 1. The standard InChI is InChI=1S/C18H18F3N3O/c19-18(20,21)13-6-4-12(5-7-13)10-17(25)23-8-9-24-16(11-23)14-2-1-3-15(14)22-24/h4-7H,1-3,8-11H2. The Morgan fingerprint density at radius 1 is 1.12 bits per heavy atom. The third kappa shape index (κ3) is 3.03. The van der Waals surface area contributed by atoms with Crippen molar-refractivity contribution < 1.29 is 18.0 Å². The number of benzene rings is 1. The van der Waals surface area contributed by atoms with Crippen LogP contribution in [0.3, 0.4) is 0 Å². The van der Waals surface area contributed by atoms with E-state index in [4.69, 9.17) is 0 Å². The van der Waals surface area contributed by atoms with Crippen LogP contribution >= 0.6 is 0 Å². The first-order valence-corrected chi connectivity index (χ1v) is 8.43. The van der Waals surface area contributed by atoms with Gasteiger partial charge in [0.15, 0.2) is 0 Å². The van der Waals surface area contributed by atoms with Crippen molar-refractivity contribution in [3.05, 3.63) is 52.3 Å². The van der Waals surface area contributed by atoms with Crippen LogP contribution in [0.5, 0.6) is 0 Å². The van der Waals surface area contributed by atoms with Crippen LogP contribution < -0.4 is 0 Å². The fourth-order valence-electron chi connectivity index (χ4n) is 3.66. The Morgan fingerprint density at radius 3 is 2.60 bits per heavy atom. The van der Waals surface area contributed by atoms with Gasteiger partial charge in [-0.3, -0.25) is 9.48 Å². The van der Waals surface area contributed by atoms with E-state index in [0.29, 0.717) is 25.2 Å². The van der Waals surface area contributed by atoms with Crippen molar-refractivity contribution in [2.24, 2.45) is 0 Å². The summed E-state index contributed by atoms with van der Waals surface area (Å²) in [6.07, 6.45) is -1.09. The van der Waals surface area contributed by atoms with Crippen molar-refractivity contribution in [3.63, 3.8) is 0 Å². The summed E-state index contributed by atoms with van der Waals surface area (Å²) in [5, 5.41) is 4.61. The number of aryl methyl sites for hydroxylation is 1. The molecule has 7 heteroatoms. The zero-order valence-electron chi connectivity index (χ0n) is 13.6. The van der Waals surface area contributed by atoms with Crippen LogP contribution in [0.15, 0.2) is 24.3 Å². The predicted octanol–water partition coefficient (Wildman–Crippen LogP) is 2.98. The Hall–Kier alpha value is -2.31. The summed E-state index contributed by atoms with van der Waals surface area (Å²) < 4.78 is 39.8. The molecular weight excluding hydrogens is 331 g/mol. The first-order valence-electron chi connectivity index (χ1n) is 8.43. The first-order chi connectivity index (χ1) is 11.9. The number of nitrogens with zero attached hydrogens (tertiary/aromatic N) is 3. The zero-order chi connectivity index (χ0) is 17.6. The lowest BCUT2D eigenvalue weighted by Gasteiger charge is -2.28. The number of hydrogen-bond acceptors (Lipinski definition) is 2. The molecule has 0 saturated carbocycles. The van der Waals surface area contributed by atoms with Crippen molar-refractivity contribution in [1.29, 1.82) is 0 Å². The molecule has 0 unspecified atom stereocenters. The van der Waals surface area contributed by atoms with Gasteiger partial charge in [0, 0.05) is 6.54 Å². The maximum atomic E-state index is 12.6. The summed E-state index contributed by atoms with van der Waals surface area (Å²) in [7, 11) is 0. The van der Waals surface area contributed by atoms with Crippen molar-refractivity contribution >= 4 is 5.91 Å². The molecule has 1 aliphatic heterocycles. The number of carbonyl (C=O) groups excluding carboxylic acids is 1. The van der Waals surface area contributed by atoms with E-state index in [1.165, 1.54) is 17.7 Å². The first kappa shape index (κ1) is 16.2. The number of amides is 1. The molecule has 1 aromatic heterocycles. The summed E-state index contributed by atoms with van der Waals surface area (Å²) >= 11 is 0. The Bertz CT molecular complexity index is 808. The second-order valence-electron chi connectivity index (χ2n) is 6.64. The second kappa shape index (κ2) is 5.89. The van der Waals surface area contributed by atoms with Gasteiger partial charge >= 0.3 is 6.18 Å². The number of halogens is 3. The monoisotopic (exact) mass is 349 g/mol. The van der Waals surface area contributed by atoms with Gasteiger partial charge in [0.25, 0.3) is 0 Å². The highest BCUT2D eigenvalue weighted by Gasteiger charge is 2.31. The largest absolute Gasteiger partial charge is 0.416 e. The van der Waals surface area contributed by atoms with Crippen LogP contribution in [-0.2, 0) is 43.3 Å². The third-order valence-electron chi connectivity index (χ3n) is 5.00. The molecule has 4 nitrogen and oxygen atoms in total. The Kier molecular flexibility index (Phi) is 3.81. The quantitative estimate of drug-likeness (QED) is 0.836. The molecule has 1 aliphatic carbocycles. The van der Waals surface area contributed by atoms with Gasteiger partial charge in [0.1, 0.15) is 0 Å². The molecule has 2 heterocycles. The second-order valence-corrected chi connectivity index (χ2v) is 6.64. The number of hydrogen-bond donors (Lipinski definition) is 0. The number of fused-ring (bicyclic) bond motifs is 3.